The maximum absolute atomic E-state index is 12.9. The third-order valence-corrected chi connectivity index (χ3v) is 6.80. The van der Waals surface area contributed by atoms with Gasteiger partial charge in [-0.05, 0) is 18.1 Å². The largest absolute Gasteiger partial charge is 0.511 e. The van der Waals surface area contributed by atoms with Crippen LogP contribution >= 0.6 is 11.8 Å². The maximum Gasteiger partial charge on any atom is 0.511 e. The van der Waals surface area contributed by atoms with Crippen LogP contribution in [0.4, 0.5) is 4.79 Å². The molecule has 160 valence electrons. The molecule has 0 aromatic heterocycles. The van der Waals surface area contributed by atoms with Crippen molar-refractivity contribution in [3.63, 3.8) is 0 Å². The summed E-state index contributed by atoms with van der Waals surface area (Å²) < 4.78 is 10.6. The lowest BCUT2D eigenvalue weighted by molar-refractivity contribution is -0.157. The summed E-state index contributed by atoms with van der Waals surface area (Å²) in [6.07, 6.45) is 0.689. The zero-order chi connectivity index (χ0) is 22.0. The first-order chi connectivity index (χ1) is 14.9. The SMILES string of the molecule is C[C@@]1(/C=C\C(N)=O)S[C@@H]2CC(=O)N2[C@H]1OC(=O)OC(c1ccccc1)c1ccccc1. The first-order valence-electron chi connectivity index (χ1n) is 9.82. The number of carbonyl (C=O) groups excluding carboxylic acids is 3. The number of rotatable bonds is 6. The van der Waals surface area contributed by atoms with Crippen LogP contribution in [0.2, 0.25) is 0 Å². The Labute approximate surface area is 184 Å². The van der Waals surface area contributed by atoms with Crippen LogP contribution in [0.1, 0.15) is 30.6 Å². The van der Waals surface area contributed by atoms with E-state index in [0.717, 1.165) is 11.1 Å². The molecule has 0 aliphatic carbocycles. The van der Waals surface area contributed by atoms with Crippen LogP contribution in [0.15, 0.2) is 72.8 Å². The molecule has 8 heteroatoms. The fourth-order valence-electron chi connectivity index (χ4n) is 3.75. The summed E-state index contributed by atoms with van der Waals surface area (Å²) in [5.41, 5.74) is 6.82. The predicted octanol–water partition coefficient (Wildman–Crippen LogP) is 3.36. The maximum atomic E-state index is 12.9. The van der Waals surface area contributed by atoms with Gasteiger partial charge in [-0.25, -0.2) is 4.79 Å². The normalized spacial score (nSPS) is 24.7. The molecule has 0 unspecified atom stereocenters. The van der Waals surface area contributed by atoms with Crippen molar-refractivity contribution >= 4 is 29.7 Å². The Morgan fingerprint density at radius 1 is 1.13 bits per heavy atom. The number of β-lactam (4-membered cyclic amide) rings is 1. The van der Waals surface area contributed by atoms with E-state index in [-0.39, 0.29) is 11.3 Å². The molecule has 3 atom stereocenters. The van der Waals surface area contributed by atoms with Crippen molar-refractivity contribution in [3.05, 3.63) is 83.9 Å². The minimum absolute atomic E-state index is 0.117. The van der Waals surface area contributed by atoms with E-state index in [1.54, 1.807) is 13.0 Å². The number of carbonyl (C=O) groups is 3. The van der Waals surface area contributed by atoms with E-state index in [1.807, 2.05) is 60.7 Å². The molecule has 2 heterocycles. The average Bonchev–Trinajstić information content (AvgIpc) is 2.98. The van der Waals surface area contributed by atoms with E-state index >= 15 is 0 Å². The molecule has 2 N–H and O–H groups in total. The number of nitrogens with zero attached hydrogens (tertiary/aromatic N) is 1. The van der Waals surface area contributed by atoms with E-state index in [1.165, 1.54) is 22.7 Å². The lowest BCUT2D eigenvalue weighted by atomic mass is 10.0. The molecular formula is C23H22N2O5S. The van der Waals surface area contributed by atoms with Crippen LogP contribution in [0.5, 0.6) is 0 Å². The number of nitrogens with two attached hydrogens (primary N) is 1. The number of hydrogen-bond donors (Lipinski definition) is 1. The summed E-state index contributed by atoms with van der Waals surface area (Å²) in [4.78, 5) is 37.8. The Morgan fingerprint density at radius 3 is 2.23 bits per heavy atom. The molecule has 31 heavy (non-hydrogen) atoms. The molecule has 2 aliphatic heterocycles. The van der Waals surface area contributed by atoms with Gasteiger partial charge in [-0.3, -0.25) is 14.5 Å². The van der Waals surface area contributed by atoms with Crippen LogP contribution in [-0.2, 0) is 19.1 Å². The first-order valence-corrected chi connectivity index (χ1v) is 10.7. The van der Waals surface area contributed by atoms with Crippen LogP contribution in [0.25, 0.3) is 0 Å². The summed E-state index contributed by atoms with van der Waals surface area (Å²) in [6, 6.07) is 18.7. The molecule has 0 spiro atoms. The lowest BCUT2D eigenvalue weighted by Gasteiger charge is -2.37. The summed E-state index contributed by atoms with van der Waals surface area (Å²) in [6.45, 7) is 1.80. The molecule has 2 fully saturated rings. The second kappa shape index (κ2) is 8.47. The van der Waals surface area contributed by atoms with Crippen molar-refractivity contribution in [2.45, 2.75) is 35.8 Å². The van der Waals surface area contributed by atoms with Crippen molar-refractivity contribution in [2.75, 3.05) is 0 Å². The van der Waals surface area contributed by atoms with Crippen molar-refractivity contribution in [3.8, 4) is 0 Å². The van der Waals surface area contributed by atoms with Gasteiger partial charge in [0.15, 0.2) is 12.3 Å². The smallest absolute Gasteiger partial charge is 0.421 e. The molecule has 0 bridgehead atoms. The fraction of sp³-hybridized carbons (Fsp3) is 0.261. The van der Waals surface area contributed by atoms with Gasteiger partial charge >= 0.3 is 6.16 Å². The van der Waals surface area contributed by atoms with Gasteiger partial charge in [-0.1, -0.05) is 66.7 Å². The number of thioether (sulfide) groups is 1. The monoisotopic (exact) mass is 438 g/mol. The fourth-order valence-corrected chi connectivity index (χ4v) is 5.33. The number of fused-ring (bicyclic) bond motifs is 1. The van der Waals surface area contributed by atoms with Crippen LogP contribution in [-0.4, -0.2) is 39.2 Å². The quantitative estimate of drug-likeness (QED) is 0.422. The standard InChI is InChI=1S/C23H22N2O5S/c1-23(13-12-17(24)26)21(25-18(27)14-19(25)31-23)30-22(28)29-20(15-8-4-2-5-9-15)16-10-6-3-7-11-16/h2-13,19-21H,14H2,1H3,(H2,24,26)/b13-12-/t19-,21+,23+/m1/s1. The topological polar surface area (TPSA) is 98.9 Å². The summed E-state index contributed by atoms with van der Waals surface area (Å²) in [7, 11) is 0. The minimum Gasteiger partial charge on any atom is -0.421 e. The van der Waals surface area contributed by atoms with Crippen LogP contribution in [0.3, 0.4) is 0 Å². The molecule has 2 aromatic rings. The Balaban J connectivity index is 1.56. The molecule has 2 saturated heterocycles. The molecule has 2 amide bonds. The molecule has 7 nitrogen and oxygen atoms in total. The zero-order valence-electron chi connectivity index (χ0n) is 16.8. The third kappa shape index (κ3) is 4.29. The van der Waals surface area contributed by atoms with Gasteiger partial charge in [-0.2, -0.15) is 0 Å². The van der Waals surface area contributed by atoms with E-state index in [2.05, 4.69) is 0 Å². The van der Waals surface area contributed by atoms with Gasteiger partial charge in [0.25, 0.3) is 0 Å². The summed E-state index contributed by atoms with van der Waals surface area (Å²) in [5, 5.41) is -0.119. The number of amides is 2. The number of benzene rings is 2. The Hall–Kier alpha value is -3.26. The highest BCUT2D eigenvalue weighted by Crippen LogP contribution is 2.52. The van der Waals surface area contributed by atoms with Crippen molar-refractivity contribution < 1.29 is 23.9 Å². The van der Waals surface area contributed by atoms with Gasteiger partial charge in [0, 0.05) is 6.08 Å². The Morgan fingerprint density at radius 2 is 1.71 bits per heavy atom. The lowest BCUT2D eigenvalue weighted by Crippen LogP contribution is -2.55. The molecule has 0 radical (unpaired) electrons. The van der Waals surface area contributed by atoms with E-state index < -0.39 is 29.1 Å². The highest BCUT2D eigenvalue weighted by Gasteiger charge is 2.59. The minimum atomic E-state index is -0.904. The van der Waals surface area contributed by atoms with Gasteiger partial charge in [0.05, 0.1) is 16.5 Å². The first kappa shape index (κ1) is 21.0. The molecule has 2 aromatic carbocycles. The second-order valence-corrected chi connectivity index (χ2v) is 9.20. The summed E-state index contributed by atoms with van der Waals surface area (Å²) in [5.74, 6) is -0.730. The van der Waals surface area contributed by atoms with Crippen molar-refractivity contribution in [1.29, 1.82) is 0 Å². The van der Waals surface area contributed by atoms with Crippen molar-refractivity contribution in [2.24, 2.45) is 5.73 Å². The highest BCUT2D eigenvalue weighted by atomic mass is 32.2. The van der Waals surface area contributed by atoms with Gasteiger partial charge in [0.1, 0.15) is 0 Å². The third-order valence-electron chi connectivity index (χ3n) is 5.29. The van der Waals surface area contributed by atoms with Gasteiger partial charge in [-0.15, -0.1) is 11.8 Å². The Bertz CT molecular complexity index is 974. The average molecular weight is 439 g/mol. The predicted molar refractivity (Wildman–Crippen MR) is 116 cm³/mol. The molecule has 4 rings (SSSR count). The Kier molecular flexibility index (Phi) is 5.73. The molecule has 2 aliphatic rings. The van der Waals surface area contributed by atoms with E-state index in [9.17, 15) is 14.4 Å². The van der Waals surface area contributed by atoms with Crippen molar-refractivity contribution in [1.82, 2.24) is 4.90 Å². The van der Waals surface area contributed by atoms with E-state index in [4.69, 9.17) is 15.2 Å². The van der Waals surface area contributed by atoms with Gasteiger partial charge < -0.3 is 15.2 Å². The summed E-state index contributed by atoms with van der Waals surface area (Å²) >= 11 is 1.45. The molecule has 0 saturated carbocycles. The zero-order valence-corrected chi connectivity index (χ0v) is 17.7. The number of hydrogen-bond acceptors (Lipinski definition) is 6. The van der Waals surface area contributed by atoms with Crippen LogP contribution in [0, 0.1) is 0 Å². The van der Waals surface area contributed by atoms with Crippen LogP contribution < -0.4 is 5.73 Å². The highest BCUT2D eigenvalue weighted by molar-refractivity contribution is 8.01. The second-order valence-electron chi connectivity index (χ2n) is 7.54. The molecular weight excluding hydrogens is 416 g/mol. The van der Waals surface area contributed by atoms with Gasteiger partial charge in [0.2, 0.25) is 11.8 Å². The number of ether oxygens (including phenoxy) is 2. The van der Waals surface area contributed by atoms with E-state index in [0.29, 0.717) is 6.42 Å². The number of primary amides is 1.